The zero-order chi connectivity index (χ0) is 30.7. The van der Waals surface area contributed by atoms with Crippen LogP contribution in [-0.2, 0) is 30.3 Å². The molecule has 3 unspecified atom stereocenters. The largest absolute Gasteiger partial charge is 0.458 e. The summed E-state index contributed by atoms with van der Waals surface area (Å²) < 4.78 is 28.0. The van der Waals surface area contributed by atoms with Crippen LogP contribution in [0.2, 0.25) is 0 Å². The second-order valence-electron chi connectivity index (χ2n) is 12.4. The van der Waals surface area contributed by atoms with Gasteiger partial charge in [0.15, 0.2) is 6.04 Å². The Kier molecular flexibility index (Phi) is 13.3. The summed E-state index contributed by atoms with van der Waals surface area (Å²) in [5, 5.41) is 15.9. The number of hydrogen-bond donors (Lipinski definition) is 3. The van der Waals surface area contributed by atoms with Crippen molar-refractivity contribution in [3.63, 3.8) is 0 Å². The number of aromatic nitrogens is 2. The quantitative estimate of drug-likeness (QED) is 0.231. The fraction of sp³-hybridized carbons (Fsp3) is 0.815. The summed E-state index contributed by atoms with van der Waals surface area (Å²) in [6.45, 7) is 20.2. The van der Waals surface area contributed by atoms with Crippen LogP contribution < -0.4 is 16.0 Å². The number of rotatable bonds is 13. The summed E-state index contributed by atoms with van der Waals surface area (Å²) in [4.78, 5) is 37.9. The van der Waals surface area contributed by atoms with Gasteiger partial charge < -0.3 is 39.3 Å². The van der Waals surface area contributed by atoms with E-state index in [4.69, 9.17) is 23.4 Å². The first kappa shape index (κ1) is 35.1. The van der Waals surface area contributed by atoms with E-state index in [1.807, 2.05) is 27.7 Å². The Labute approximate surface area is 237 Å². The lowest BCUT2D eigenvalue weighted by molar-refractivity contribution is -0.164. The molecule has 0 aliphatic heterocycles. The minimum Gasteiger partial charge on any atom is -0.458 e. The van der Waals surface area contributed by atoms with Crippen LogP contribution >= 0.6 is 0 Å². The molecular formula is C27H49N5O8. The highest BCUT2D eigenvalue weighted by molar-refractivity contribution is 5.84. The molecule has 0 fully saturated rings. The van der Waals surface area contributed by atoms with Gasteiger partial charge in [-0.3, -0.25) is 0 Å². The maximum absolute atomic E-state index is 12.8. The van der Waals surface area contributed by atoms with Gasteiger partial charge in [-0.2, -0.15) is 0 Å². The van der Waals surface area contributed by atoms with Crippen LogP contribution in [0.5, 0.6) is 0 Å². The number of carbonyl (C=O) groups excluding carboxylic acids is 3. The smallest absolute Gasteiger partial charge is 0.408 e. The molecule has 0 aliphatic rings. The van der Waals surface area contributed by atoms with Crippen LogP contribution in [0, 0.1) is 0 Å². The second kappa shape index (κ2) is 15.2. The van der Waals surface area contributed by atoms with E-state index in [0.717, 1.165) is 12.8 Å². The average Bonchev–Trinajstić information content (AvgIpc) is 3.23. The fourth-order valence-electron chi connectivity index (χ4n) is 3.26. The number of unbranched alkanes of at least 4 members (excludes halogenated alkanes) is 1. The van der Waals surface area contributed by atoms with Crippen molar-refractivity contribution in [2.45, 2.75) is 131 Å². The minimum absolute atomic E-state index is 0.0857. The number of hydrogen-bond acceptors (Lipinski definition) is 10. The predicted molar refractivity (Wildman–Crippen MR) is 147 cm³/mol. The standard InChI is InChI=1S/C27H49N5O8/c1-12-13-14-36-16-18(29-24(35)40-27(9,10)11)21-32-31-19(37-21)15-28-23(34)30-20(17(2)38-25(3,4)5)22(33)39-26(6,7)8/h17-18,20H,12-16H2,1-11H3,(H,29,35)(H2,28,30,34). The topological polar surface area (TPSA) is 163 Å². The molecule has 1 aromatic heterocycles. The molecule has 0 aromatic carbocycles. The summed E-state index contributed by atoms with van der Waals surface area (Å²) in [6, 6.07) is -2.49. The monoisotopic (exact) mass is 571 g/mol. The van der Waals surface area contributed by atoms with Crippen LogP contribution in [0.25, 0.3) is 0 Å². The van der Waals surface area contributed by atoms with Gasteiger partial charge in [-0.1, -0.05) is 13.3 Å². The third-order valence-electron chi connectivity index (χ3n) is 4.75. The average molecular weight is 572 g/mol. The molecule has 0 radical (unpaired) electrons. The van der Waals surface area contributed by atoms with Crippen molar-refractivity contribution in [2.75, 3.05) is 13.2 Å². The number of ether oxygens (including phenoxy) is 4. The molecular weight excluding hydrogens is 522 g/mol. The van der Waals surface area contributed by atoms with E-state index in [9.17, 15) is 14.4 Å². The first-order valence-electron chi connectivity index (χ1n) is 13.6. The highest BCUT2D eigenvalue weighted by Gasteiger charge is 2.34. The molecule has 1 aromatic rings. The lowest BCUT2D eigenvalue weighted by atomic mass is 10.1. The Morgan fingerprint density at radius 2 is 1.52 bits per heavy atom. The van der Waals surface area contributed by atoms with Crippen LogP contribution in [-0.4, -0.2) is 70.5 Å². The molecule has 3 N–H and O–H groups in total. The molecule has 0 saturated carbocycles. The molecule has 1 heterocycles. The normalized spacial score (nSPS) is 14.6. The van der Waals surface area contributed by atoms with Crippen LogP contribution in [0.3, 0.4) is 0 Å². The van der Waals surface area contributed by atoms with Crippen molar-refractivity contribution in [1.29, 1.82) is 0 Å². The molecule has 13 heteroatoms. The molecule has 3 amide bonds. The number of amides is 3. The van der Waals surface area contributed by atoms with Gasteiger partial charge in [0.2, 0.25) is 11.8 Å². The van der Waals surface area contributed by atoms with Crippen LogP contribution in [0.15, 0.2) is 4.42 Å². The maximum atomic E-state index is 12.8. The summed E-state index contributed by atoms with van der Waals surface area (Å²) in [5.74, 6) is -0.445. The molecule has 3 atom stereocenters. The van der Waals surface area contributed by atoms with Crippen molar-refractivity contribution in [3.05, 3.63) is 11.8 Å². The number of esters is 1. The second-order valence-corrected chi connectivity index (χ2v) is 12.4. The molecule has 0 aliphatic carbocycles. The Morgan fingerprint density at radius 3 is 2.08 bits per heavy atom. The zero-order valence-electron chi connectivity index (χ0n) is 25.9. The molecule has 13 nitrogen and oxygen atoms in total. The van der Waals surface area contributed by atoms with Crippen molar-refractivity contribution in [1.82, 2.24) is 26.1 Å². The van der Waals surface area contributed by atoms with Crippen molar-refractivity contribution in [3.8, 4) is 0 Å². The lowest BCUT2D eigenvalue weighted by Gasteiger charge is -2.32. The molecule has 40 heavy (non-hydrogen) atoms. The van der Waals surface area contributed by atoms with Crippen LogP contribution in [0.1, 0.15) is 107 Å². The summed E-state index contributed by atoms with van der Waals surface area (Å²) in [7, 11) is 0. The molecule has 230 valence electrons. The van der Waals surface area contributed by atoms with Gasteiger partial charge in [-0.15, -0.1) is 10.2 Å². The van der Waals surface area contributed by atoms with E-state index < -0.39 is 53.1 Å². The number of nitrogens with one attached hydrogen (secondary N) is 3. The van der Waals surface area contributed by atoms with Crippen molar-refractivity contribution in [2.24, 2.45) is 0 Å². The predicted octanol–water partition coefficient (Wildman–Crippen LogP) is 4.17. The third-order valence-corrected chi connectivity index (χ3v) is 4.75. The molecule has 0 saturated heterocycles. The van der Waals surface area contributed by atoms with E-state index in [0.29, 0.717) is 6.61 Å². The van der Waals surface area contributed by atoms with E-state index in [-0.39, 0.29) is 24.9 Å². The van der Waals surface area contributed by atoms with Gasteiger partial charge in [-0.05, 0) is 75.7 Å². The number of urea groups is 1. The van der Waals surface area contributed by atoms with Gasteiger partial charge in [0.25, 0.3) is 0 Å². The summed E-state index contributed by atoms with van der Waals surface area (Å²) >= 11 is 0. The minimum atomic E-state index is -1.07. The van der Waals surface area contributed by atoms with Crippen LogP contribution in [0.4, 0.5) is 9.59 Å². The van der Waals surface area contributed by atoms with Crippen molar-refractivity contribution < 1.29 is 37.7 Å². The zero-order valence-corrected chi connectivity index (χ0v) is 25.9. The number of nitrogens with zero attached hydrogens (tertiary/aromatic N) is 2. The molecule has 0 bridgehead atoms. The Bertz CT molecular complexity index is 946. The number of alkyl carbamates (subject to hydrolysis) is 1. The van der Waals surface area contributed by atoms with Gasteiger partial charge in [0.1, 0.15) is 17.2 Å². The SMILES string of the molecule is CCCCOCC(NC(=O)OC(C)(C)C)c1nnc(CNC(=O)NC(C(=O)OC(C)(C)C)C(C)OC(C)(C)C)o1. The molecule has 0 spiro atoms. The van der Waals surface area contributed by atoms with Gasteiger partial charge in [0, 0.05) is 6.61 Å². The van der Waals surface area contributed by atoms with Gasteiger partial charge in [0.05, 0.1) is 24.9 Å². The summed E-state index contributed by atoms with van der Waals surface area (Å²) in [6.07, 6.45) is 0.478. The van der Waals surface area contributed by atoms with E-state index >= 15 is 0 Å². The Morgan fingerprint density at radius 1 is 0.900 bits per heavy atom. The Balaban J connectivity index is 2.89. The third kappa shape index (κ3) is 15.0. The van der Waals surface area contributed by atoms with E-state index in [2.05, 4.69) is 26.1 Å². The van der Waals surface area contributed by atoms with E-state index in [1.54, 1.807) is 48.5 Å². The molecule has 1 rings (SSSR count). The highest BCUT2D eigenvalue weighted by atomic mass is 16.6. The highest BCUT2D eigenvalue weighted by Crippen LogP contribution is 2.17. The Hall–Kier alpha value is -2.93. The fourth-order valence-corrected chi connectivity index (χ4v) is 3.26. The maximum Gasteiger partial charge on any atom is 0.408 e. The number of carbonyl (C=O) groups is 3. The van der Waals surface area contributed by atoms with Gasteiger partial charge >= 0.3 is 18.1 Å². The summed E-state index contributed by atoms with van der Waals surface area (Å²) in [5.41, 5.74) is -2.00. The lowest BCUT2D eigenvalue weighted by Crippen LogP contribution is -2.54. The first-order valence-corrected chi connectivity index (χ1v) is 13.6. The van der Waals surface area contributed by atoms with Gasteiger partial charge in [-0.25, -0.2) is 14.4 Å². The van der Waals surface area contributed by atoms with Crippen molar-refractivity contribution >= 4 is 18.1 Å². The first-order chi connectivity index (χ1) is 18.3. The van der Waals surface area contributed by atoms with E-state index in [1.165, 1.54) is 0 Å².